The Labute approximate surface area is 195 Å². The third-order valence-electron chi connectivity index (χ3n) is 4.91. The summed E-state index contributed by atoms with van der Waals surface area (Å²) in [6.07, 6.45) is 0. The van der Waals surface area contributed by atoms with Gasteiger partial charge >= 0.3 is 0 Å². The lowest BCUT2D eigenvalue weighted by molar-refractivity contribution is -0.384. The second kappa shape index (κ2) is 10.2. The lowest BCUT2D eigenvalue weighted by Crippen LogP contribution is -2.03. The highest BCUT2D eigenvalue weighted by Gasteiger charge is 2.21. The van der Waals surface area contributed by atoms with Crippen LogP contribution in [0, 0.1) is 10.1 Å². The third-order valence-corrected chi connectivity index (χ3v) is 4.91. The van der Waals surface area contributed by atoms with Crippen molar-refractivity contribution in [2.45, 2.75) is 6.61 Å². The average Bonchev–Trinajstić information content (AvgIpc) is 2.87. The molecule has 4 aromatic carbocycles. The van der Waals surface area contributed by atoms with E-state index in [4.69, 9.17) is 4.74 Å². The lowest BCUT2D eigenvalue weighted by atomic mass is 10.0. The fraction of sp³-hybridized carbons (Fsp3) is 0.0385. The van der Waals surface area contributed by atoms with E-state index in [9.17, 15) is 20.0 Å². The van der Waals surface area contributed by atoms with Gasteiger partial charge in [-0.3, -0.25) is 14.9 Å². The average molecular weight is 453 g/mol. The van der Waals surface area contributed by atoms with Gasteiger partial charge in [-0.25, -0.2) is 0 Å². The first-order valence-corrected chi connectivity index (χ1v) is 10.3. The first-order chi connectivity index (χ1) is 16.5. The molecule has 0 amide bonds. The zero-order chi connectivity index (χ0) is 23.9. The van der Waals surface area contributed by atoms with E-state index in [-0.39, 0.29) is 40.7 Å². The predicted molar refractivity (Wildman–Crippen MR) is 126 cm³/mol. The van der Waals surface area contributed by atoms with Gasteiger partial charge in [0, 0.05) is 17.7 Å². The monoisotopic (exact) mass is 453 g/mol. The molecule has 168 valence electrons. The second-order valence-corrected chi connectivity index (χ2v) is 7.26. The van der Waals surface area contributed by atoms with Crippen LogP contribution in [0.5, 0.6) is 11.5 Å². The summed E-state index contributed by atoms with van der Waals surface area (Å²) in [6.45, 7) is 0.150. The molecule has 0 radical (unpaired) electrons. The molecule has 4 aromatic rings. The molecule has 34 heavy (non-hydrogen) atoms. The topological polar surface area (TPSA) is 114 Å². The van der Waals surface area contributed by atoms with E-state index < -0.39 is 10.7 Å². The summed E-state index contributed by atoms with van der Waals surface area (Å²) >= 11 is 0. The van der Waals surface area contributed by atoms with Gasteiger partial charge in [0.2, 0.25) is 0 Å². The van der Waals surface area contributed by atoms with Crippen molar-refractivity contribution >= 4 is 22.8 Å². The number of carbonyl (C=O) groups is 1. The number of hydrogen-bond acceptors (Lipinski definition) is 7. The molecule has 0 bridgehead atoms. The van der Waals surface area contributed by atoms with Gasteiger partial charge in [0.1, 0.15) is 18.0 Å². The minimum atomic E-state index is -0.561. The highest BCUT2D eigenvalue weighted by Crippen LogP contribution is 2.39. The summed E-state index contributed by atoms with van der Waals surface area (Å²) in [7, 11) is 0. The van der Waals surface area contributed by atoms with Gasteiger partial charge in [-0.1, -0.05) is 72.8 Å². The maximum Gasteiger partial charge on any atom is 0.296 e. The Balaban J connectivity index is 1.80. The molecule has 0 saturated heterocycles. The van der Waals surface area contributed by atoms with E-state index in [0.717, 1.165) is 5.56 Å². The molecule has 0 heterocycles. The van der Waals surface area contributed by atoms with Crippen LogP contribution in [0.4, 0.5) is 17.1 Å². The van der Waals surface area contributed by atoms with Crippen LogP contribution >= 0.6 is 0 Å². The zero-order valence-electron chi connectivity index (χ0n) is 17.9. The largest absolute Gasteiger partial charge is 0.508 e. The van der Waals surface area contributed by atoms with Crippen LogP contribution in [-0.4, -0.2) is 15.8 Å². The Hall–Kier alpha value is -4.85. The van der Waals surface area contributed by atoms with Crippen LogP contribution in [0.15, 0.2) is 107 Å². The number of benzene rings is 4. The number of rotatable bonds is 8. The van der Waals surface area contributed by atoms with Gasteiger partial charge in [-0.05, 0) is 17.7 Å². The standard InChI is InChI=1S/C26H19N3O5/c30-20-15-21(26(31)19-11-5-2-6-12-19)25(24(16-20)34-17-18-9-3-1-4-10-18)28-27-22-13-7-8-14-23(22)29(32)33/h1-16,30H,17H2. The molecule has 4 rings (SSSR count). The molecule has 0 unspecified atom stereocenters. The summed E-state index contributed by atoms with van der Waals surface area (Å²) in [6, 6.07) is 26.3. The molecule has 0 aliphatic carbocycles. The van der Waals surface area contributed by atoms with Gasteiger partial charge in [-0.15, -0.1) is 10.2 Å². The molecule has 0 atom stereocenters. The number of para-hydroxylation sites is 1. The number of nitrogens with zero attached hydrogens (tertiary/aromatic N) is 3. The fourth-order valence-electron chi connectivity index (χ4n) is 3.27. The van der Waals surface area contributed by atoms with Crippen molar-refractivity contribution in [1.29, 1.82) is 0 Å². The number of nitro groups is 1. The van der Waals surface area contributed by atoms with Crippen molar-refractivity contribution in [2.24, 2.45) is 10.2 Å². The first kappa shape index (κ1) is 22.3. The van der Waals surface area contributed by atoms with Crippen LogP contribution in [0.1, 0.15) is 21.5 Å². The van der Waals surface area contributed by atoms with E-state index in [2.05, 4.69) is 10.2 Å². The van der Waals surface area contributed by atoms with E-state index in [0.29, 0.717) is 5.56 Å². The van der Waals surface area contributed by atoms with Crippen molar-refractivity contribution in [3.63, 3.8) is 0 Å². The summed E-state index contributed by atoms with van der Waals surface area (Å²) in [5, 5.41) is 29.9. The zero-order valence-corrected chi connectivity index (χ0v) is 17.9. The Morgan fingerprint density at radius 2 is 1.53 bits per heavy atom. The highest BCUT2D eigenvalue weighted by molar-refractivity contribution is 6.12. The summed E-state index contributed by atoms with van der Waals surface area (Å²) in [4.78, 5) is 24.1. The fourth-order valence-corrected chi connectivity index (χ4v) is 3.27. The molecule has 0 aromatic heterocycles. The number of phenolic OH excluding ortho intramolecular Hbond substituents is 1. The number of nitro benzene ring substituents is 1. The molecule has 0 spiro atoms. The van der Waals surface area contributed by atoms with Crippen LogP contribution in [0.2, 0.25) is 0 Å². The highest BCUT2D eigenvalue weighted by atomic mass is 16.6. The van der Waals surface area contributed by atoms with Gasteiger partial charge in [0.05, 0.1) is 10.5 Å². The smallest absolute Gasteiger partial charge is 0.296 e. The Kier molecular flexibility index (Phi) is 6.69. The molecule has 0 aliphatic rings. The summed E-state index contributed by atoms with van der Waals surface area (Å²) < 4.78 is 5.90. The Morgan fingerprint density at radius 1 is 0.882 bits per heavy atom. The maximum atomic E-state index is 13.3. The minimum absolute atomic E-state index is 0.0210. The number of ketones is 1. The molecular weight excluding hydrogens is 434 g/mol. The van der Waals surface area contributed by atoms with Gasteiger partial charge in [0.25, 0.3) is 5.69 Å². The lowest BCUT2D eigenvalue weighted by Gasteiger charge is -2.13. The Bertz CT molecular complexity index is 1360. The first-order valence-electron chi connectivity index (χ1n) is 10.3. The van der Waals surface area contributed by atoms with E-state index in [1.807, 2.05) is 30.3 Å². The number of carbonyl (C=O) groups excluding carboxylic acids is 1. The van der Waals surface area contributed by atoms with E-state index in [1.54, 1.807) is 36.4 Å². The molecule has 0 saturated carbocycles. The van der Waals surface area contributed by atoms with Crippen molar-refractivity contribution in [2.75, 3.05) is 0 Å². The predicted octanol–water partition coefficient (Wildman–Crippen LogP) is 6.53. The Morgan fingerprint density at radius 3 is 2.24 bits per heavy atom. The number of azo groups is 1. The molecule has 1 N–H and O–H groups in total. The number of phenols is 1. The number of hydrogen-bond donors (Lipinski definition) is 1. The van der Waals surface area contributed by atoms with Crippen LogP contribution < -0.4 is 4.74 Å². The normalized spacial score (nSPS) is 10.8. The van der Waals surface area contributed by atoms with Crippen molar-refractivity contribution < 1.29 is 19.6 Å². The van der Waals surface area contributed by atoms with Crippen molar-refractivity contribution in [1.82, 2.24) is 0 Å². The SMILES string of the molecule is O=C(c1ccccc1)c1cc(O)cc(OCc2ccccc2)c1N=Nc1ccccc1[N+](=O)[O-]. The van der Waals surface area contributed by atoms with Crippen LogP contribution in [0.3, 0.4) is 0 Å². The van der Waals surface area contributed by atoms with Crippen molar-refractivity contribution in [3.05, 3.63) is 124 Å². The van der Waals surface area contributed by atoms with Gasteiger partial charge in [0.15, 0.2) is 17.2 Å². The molecule has 8 nitrogen and oxygen atoms in total. The van der Waals surface area contributed by atoms with Crippen LogP contribution in [-0.2, 0) is 6.61 Å². The third kappa shape index (κ3) is 5.13. The van der Waals surface area contributed by atoms with E-state index in [1.165, 1.54) is 30.3 Å². The maximum absolute atomic E-state index is 13.3. The quantitative estimate of drug-likeness (QED) is 0.141. The molecule has 0 aliphatic heterocycles. The second-order valence-electron chi connectivity index (χ2n) is 7.26. The molecule has 0 fully saturated rings. The summed E-state index contributed by atoms with van der Waals surface area (Å²) in [5.41, 5.74) is 1.14. The number of aromatic hydroxyl groups is 1. The summed E-state index contributed by atoms with van der Waals surface area (Å²) in [5.74, 6) is -0.477. The number of ether oxygens (including phenoxy) is 1. The van der Waals surface area contributed by atoms with Crippen LogP contribution in [0.25, 0.3) is 0 Å². The van der Waals surface area contributed by atoms with E-state index >= 15 is 0 Å². The van der Waals surface area contributed by atoms with Gasteiger partial charge < -0.3 is 9.84 Å². The molecular formula is C26H19N3O5. The van der Waals surface area contributed by atoms with Crippen molar-refractivity contribution in [3.8, 4) is 11.5 Å². The van der Waals surface area contributed by atoms with Gasteiger partial charge in [-0.2, -0.15) is 0 Å². The minimum Gasteiger partial charge on any atom is -0.508 e. The molecule has 8 heteroatoms.